The van der Waals surface area contributed by atoms with Crippen LogP contribution in [0.5, 0.6) is 0 Å². The van der Waals surface area contributed by atoms with Gasteiger partial charge in [0.1, 0.15) is 6.04 Å². The Morgan fingerprint density at radius 2 is 1.41 bits per heavy atom. The van der Waals surface area contributed by atoms with E-state index in [-0.39, 0.29) is 41.3 Å². The van der Waals surface area contributed by atoms with Gasteiger partial charge in [0.2, 0.25) is 5.91 Å². The lowest BCUT2D eigenvalue weighted by atomic mass is 9.83. The number of amides is 1. The molecule has 3 aromatic carbocycles. The summed E-state index contributed by atoms with van der Waals surface area (Å²) in [7, 11) is 0. The van der Waals surface area contributed by atoms with Gasteiger partial charge in [0.15, 0.2) is 11.6 Å². The zero-order chi connectivity index (χ0) is 22.7. The number of anilines is 1. The van der Waals surface area contributed by atoms with Crippen molar-refractivity contribution in [1.29, 1.82) is 0 Å². The van der Waals surface area contributed by atoms with Gasteiger partial charge in [0, 0.05) is 16.7 Å². The van der Waals surface area contributed by atoms with E-state index in [1.807, 2.05) is 30.3 Å². The van der Waals surface area contributed by atoms with Crippen LogP contribution in [0.1, 0.15) is 37.4 Å². The summed E-state index contributed by atoms with van der Waals surface area (Å²) in [5.74, 6) is -2.21. The first-order valence-electron chi connectivity index (χ1n) is 10.1. The second-order valence-corrected chi connectivity index (χ2v) is 7.44. The van der Waals surface area contributed by atoms with Crippen LogP contribution in [0, 0.1) is 0 Å². The third-order valence-corrected chi connectivity index (χ3v) is 5.32. The van der Waals surface area contributed by atoms with Crippen molar-refractivity contribution < 1.29 is 24.3 Å². The first-order chi connectivity index (χ1) is 15.5. The van der Waals surface area contributed by atoms with Crippen LogP contribution in [-0.2, 0) is 16.0 Å². The third-order valence-electron chi connectivity index (χ3n) is 5.32. The molecule has 1 aliphatic carbocycles. The molecule has 0 aromatic heterocycles. The largest absolute Gasteiger partial charge is 0.480 e. The summed E-state index contributed by atoms with van der Waals surface area (Å²) in [6.07, 6.45) is 0.216. The van der Waals surface area contributed by atoms with E-state index >= 15 is 0 Å². The zero-order valence-corrected chi connectivity index (χ0v) is 17.0. The van der Waals surface area contributed by atoms with Crippen LogP contribution in [0.25, 0.3) is 0 Å². The van der Waals surface area contributed by atoms with E-state index in [4.69, 9.17) is 0 Å². The maximum atomic E-state index is 13.0. The van der Waals surface area contributed by atoms with Crippen LogP contribution < -0.4 is 10.6 Å². The van der Waals surface area contributed by atoms with E-state index in [0.717, 1.165) is 5.56 Å². The topological polar surface area (TPSA) is 113 Å². The summed E-state index contributed by atoms with van der Waals surface area (Å²) >= 11 is 0. The number of carbonyl (C=O) groups is 4. The third kappa shape index (κ3) is 4.19. The molecule has 1 amide bonds. The summed E-state index contributed by atoms with van der Waals surface area (Å²) in [4.78, 5) is 50.0. The van der Waals surface area contributed by atoms with Gasteiger partial charge < -0.3 is 10.4 Å². The molecule has 0 radical (unpaired) electrons. The number of benzene rings is 3. The second kappa shape index (κ2) is 8.95. The van der Waals surface area contributed by atoms with Crippen LogP contribution >= 0.6 is 0 Å². The fourth-order valence-corrected chi connectivity index (χ4v) is 3.76. The van der Waals surface area contributed by atoms with E-state index in [9.17, 15) is 24.3 Å². The van der Waals surface area contributed by atoms with Crippen LogP contribution in [-0.4, -0.2) is 41.1 Å². The van der Waals surface area contributed by atoms with Gasteiger partial charge in [-0.25, -0.2) is 0 Å². The lowest BCUT2D eigenvalue weighted by molar-refractivity contribution is -0.139. The standard InChI is InChI=1S/C25H20N2O5/c28-21(14-26-20(25(31)32)13-15-7-2-1-3-8-15)27-19-12-6-11-18-22(19)24(30)17-10-5-4-9-16(17)23(18)29/h1-12,20,26H,13-14H2,(H,27,28)(H,31,32)/t20-/m0/s1. The molecule has 0 heterocycles. The summed E-state index contributed by atoms with van der Waals surface area (Å²) in [6.45, 7) is -0.272. The first kappa shape index (κ1) is 21.1. The minimum Gasteiger partial charge on any atom is -0.480 e. The van der Waals surface area contributed by atoms with Crippen molar-refractivity contribution in [3.8, 4) is 0 Å². The molecular formula is C25H20N2O5. The second-order valence-electron chi connectivity index (χ2n) is 7.44. The van der Waals surface area contributed by atoms with Crippen molar-refractivity contribution in [1.82, 2.24) is 5.32 Å². The van der Waals surface area contributed by atoms with Gasteiger partial charge in [-0.2, -0.15) is 0 Å². The maximum absolute atomic E-state index is 13.0. The Morgan fingerprint density at radius 3 is 2.09 bits per heavy atom. The first-order valence-corrected chi connectivity index (χ1v) is 10.1. The smallest absolute Gasteiger partial charge is 0.321 e. The van der Waals surface area contributed by atoms with E-state index in [0.29, 0.717) is 11.1 Å². The Hall–Kier alpha value is -4.10. The summed E-state index contributed by atoms with van der Waals surface area (Å²) in [5.41, 5.74) is 2.04. The molecule has 0 fully saturated rings. The molecule has 160 valence electrons. The Labute approximate surface area is 184 Å². The molecule has 0 bridgehead atoms. The fourth-order valence-electron chi connectivity index (χ4n) is 3.76. The van der Waals surface area contributed by atoms with Crippen LogP contribution in [0.2, 0.25) is 0 Å². The lowest BCUT2D eigenvalue weighted by Gasteiger charge is -2.20. The molecule has 0 unspecified atom stereocenters. The number of fused-ring (bicyclic) bond motifs is 2. The molecule has 1 atom stereocenters. The van der Waals surface area contributed by atoms with Crippen molar-refractivity contribution >= 4 is 29.1 Å². The molecular weight excluding hydrogens is 408 g/mol. The molecule has 0 saturated heterocycles. The highest BCUT2D eigenvalue weighted by atomic mass is 16.4. The van der Waals surface area contributed by atoms with E-state index < -0.39 is 17.9 Å². The van der Waals surface area contributed by atoms with E-state index in [2.05, 4.69) is 10.6 Å². The number of ketones is 2. The quantitative estimate of drug-likeness (QED) is 0.417. The van der Waals surface area contributed by atoms with Crippen molar-refractivity contribution in [3.05, 3.63) is 101 Å². The molecule has 3 aromatic rings. The van der Waals surface area contributed by atoms with Crippen molar-refractivity contribution in [3.63, 3.8) is 0 Å². The van der Waals surface area contributed by atoms with Gasteiger partial charge in [-0.15, -0.1) is 0 Å². The molecule has 7 heteroatoms. The van der Waals surface area contributed by atoms with Gasteiger partial charge >= 0.3 is 5.97 Å². The number of hydrogen-bond donors (Lipinski definition) is 3. The molecule has 3 N–H and O–H groups in total. The number of rotatable bonds is 7. The van der Waals surface area contributed by atoms with Crippen LogP contribution in [0.4, 0.5) is 5.69 Å². The monoisotopic (exact) mass is 428 g/mol. The predicted octanol–water partition coefficient (Wildman–Crippen LogP) is 2.69. The highest BCUT2D eigenvalue weighted by molar-refractivity contribution is 6.30. The zero-order valence-electron chi connectivity index (χ0n) is 17.0. The minimum atomic E-state index is -1.07. The number of hydrogen-bond acceptors (Lipinski definition) is 5. The Morgan fingerprint density at radius 1 is 0.781 bits per heavy atom. The van der Waals surface area contributed by atoms with Crippen molar-refractivity contribution in [2.45, 2.75) is 12.5 Å². The molecule has 4 rings (SSSR count). The highest BCUT2D eigenvalue weighted by Gasteiger charge is 2.31. The number of aliphatic carboxylic acids is 1. The lowest BCUT2D eigenvalue weighted by Crippen LogP contribution is -2.42. The SMILES string of the molecule is O=C(CN[C@@H](Cc1ccccc1)C(=O)O)Nc1cccc2c1C(=O)c1ccccc1C2=O. The number of carboxylic acid groups (broad SMARTS) is 1. The Balaban J connectivity index is 1.49. The van der Waals surface area contributed by atoms with Crippen LogP contribution in [0.15, 0.2) is 72.8 Å². The van der Waals surface area contributed by atoms with Gasteiger partial charge in [0.05, 0.1) is 17.8 Å². The predicted molar refractivity (Wildman–Crippen MR) is 118 cm³/mol. The molecule has 7 nitrogen and oxygen atoms in total. The van der Waals surface area contributed by atoms with Gasteiger partial charge in [0.25, 0.3) is 0 Å². The van der Waals surface area contributed by atoms with Gasteiger partial charge in [-0.1, -0.05) is 66.7 Å². The Kier molecular flexibility index (Phi) is 5.91. The summed E-state index contributed by atoms with van der Waals surface area (Å²) < 4.78 is 0. The summed E-state index contributed by atoms with van der Waals surface area (Å²) in [6, 6.07) is 19.4. The van der Waals surface area contributed by atoms with Gasteiger partial charge in [-0.3, -0.25) is 24.5 Å². The van der Waals surface area contributed by atoms with Crippen LogP contribution in [0.3, 0.4) is 0 Å². The molecule has 0 saturated carbocycles. The van der Waals surface area contributed by atoms with Crippen molar-refractivity contribution in [2.75, 3.05) is 11.9 Å². The average molecular weight is 428 g/mol. The van der Waals surface area contributed by atoms with E-state index in [1.165, 1.54) is 0 Å². The highest BCUT2D eigenvalue weighted by Crippen LogP contribution is 2.31. The van der Waals surface area contributed by atoms with E-state index in [1.54, 1.807) is 42.5 Å². The average Bonchev–Trinajstić information content (AvgIpc) is 2.80. The van der Waals surface area contributed by atoms with Crippen molar-refractivity contribution in [2.24, 2.45) is 0 Å². The fraction of sp³-hybridized carbons (Fsp3) is 0.120. The maximum Gasteiger partial charge on any atom is 0.321 e. The summed E-state index contributed by atoms with van der Waals surface area (Å²) in [5, 5.41) is 14.9. The molecule has 0 aliphatic heterocycles. The normalized spacial score (nSPS) is 13.1. The number of nitrogens with one attached hydrogen (secondary N) is 2. The number of carboxylic acids is 1. The number of carbonyl (C=O) groups excluding carboxylic acids is 3. The molecule has 32 heavy (non-hydrogen) atoms. The Bertz CT molecular complexity index is 1220. The molecule has 0 spiro atoms. The minimum absolute atomic E-state index is 0.142. The molecule has 1 aliphatic rings. The van der Waals surface area contributed by atoms with Gasteiger partial charge in [-0.05, 0) is 18.1 Å².